The highest BCUT2D eigenvalue weighted by atomic mass is 79.9. The maximum Gasteiger partial charge on any atom is 0.411 e. The number of aromatic amines is 1. The van der Waals surface area contributed by atoms with Crippen molar-refractivity contribution in [1.82, 2.24) is 9.97 Å². The Morgan fingerprint density at radius 3 is 2.92 bits per heavy atom. The summed E-state index contributed by atoms with van der Waals surface area (Å²) in [5.41, 5.74) is -0.185. The Kier molecular flexibility index (Phi) is 4.69. The lowest BCUT2D eigenvalue weighted by molar-refractivity contribution is 0.186. The average Bonchev–Trinajstić information content (AvgIpc) is 3.00. The molecule has 0 fully saturated rings. The van der Waals surface area contributed by atoms with Gasteiger partial charge in [-0.05, 0) is 34.1 Å². The summed E-state index contributed by atoms with van der Waals surface area (Å²) in [6, 6.07) is 3.67. The number of aromatic nitrogens is 2. The van der Waals surface area contributed by atoms with Gasteiger partial charge in [-0.25, -0.2) is 18.6 Å². The van der Waals surface area contributed by atoms with Crippen LogP contribution < -0.4 is 5.32 Å². The number of pyridine rings is 1. The summed E-state index contributed by atoms with van der Waals surface area (Å²) in [6.45, 7) is 0. The van der Waals surface area contributed by atoms with E-state index in [1.807, 2.05) is 0 Å². The zero-order valence-electron chi connectivity index (χ0n) is 12.8. The number of halogens is 3. The van der Waals surface area contributed by atoms with Gasteiger partial charge in [0.25, 0.3) is 0 Å². The summed E-state index contributed by atoms with van der Waals surface area (Å²) in [7, 11) is 1.11. The number of H-pyrrole nitrogens is 1. The Bertz CT molecular complexity index is 961. The molecule has 130 valence electrons. The van der Waals surface area contributed by atoms with E-state index in [4.69, 9.17) is 0 Å². The van der Waals surface area contributed by atoms with E-state index in [9.17, 15) is 18.7 Å². The Labute approximate surface area is 149 Å². The molecule has 1 unspecified atom stereocenters. The molecule has 0 saturated carbocycles. The second kappa shape index (κ2) is 6.77. The topological polar surface area (TPSA) is 87.2 Å². The molecular formula is C16H12BrF2N3O3. The van der Waals surface area contributed by atoms with Gasteiger partial charge in [0.1, 0.15) is 17.6 Å². The van der Waals surface area contributed by atoms with Crippen LogP contribution in [0.1, 0.15) is 17.2 Å². The van der Waals surface area contributed by atoms with Crippen LogP contribution in [-0.2, 0) is 4.74 Å². The third-order valence-corrected chi connectivity index (χ3v) is 4.08. The van der Waals surface area contributed by atoms with Gasteiger partial charge >= 0.3 is 6.09 Å². The zero-order chi connectivity index (χ0) is 18.1. The van der Waals surface area contributed by atoms with Crippen molar-refractivity contribution in [2.75, 3.05) is 12.4 Å². The molecule has 2 heterocycles. The molecule has 0 aliphatic rings. The number of aliphatic hydroxyl groups is 1. The predicted molar refractivity (Wildman–Crippen MR) is 90.2 cm³/mol. The van der Waals surface area contributed by atoms with Crippen LogP contribution in [0.25, 0.3) is 11.0 Å². The number of nitrogens with zero attached hydrogens (tertiary/aromatic N) is 1. The molecule has 3 rings (SSSR count). The van der Waals surface area contributed by atoms with Gasteiger partial charge in [0.15, 0.2) is 5.82 Å². The number of ether oxygens (including phenoxy) is 1. The summed E-state index contributed by atoms with van der Waals surface area (Å²) in [5, 5.41) is 13.2. The number of methoxy groups -OCH3 is 1. The quantitative estimate of drug-likeness (QED) is 0.610. The van der Waals surface area contributed by atoms with Gasteiger partial charge in [0.05, 0.1) is 18.4 Å². The van der Waals surface area contributed by atoms with Crippen molar-refractivity contribution in [3.8, 4) is 0 Å². The smallest absolute Gasteiger partial charge is 0.411 e. The van der Waals surface area contributed by atoms with Gasteiger partial charge in [0, 0.05) is 27.8 Å². The number of benzene rings is 1. The van der Waals surface area contributed by atoms with Crippen LogP contribution >= 0.6 is 15.9 Å². The normalized spacial score (nSPS) is 12.2. The van der Waals surface area contributed by atoms with E-state index in [0.717, 1.165) is 19.2 Å². The molecule has 0 saturated heterocycles. The SMILES string of the molecule is COC(=O)Nc1ccc(F)c(C(O)c2c[nH]c3ncc(Br)cc23)c1F. The number of amides is 1. The fourth-order valence-electron chi connectivity index (χ4n) is 2.46. The minimum atomic E-state index is -1.61. The Hall–Kier alpha value is -2.52. The van der Waals surface area contributed by atoms with Crippen molar-refractivity contribution in [3.63, 3.8) is 0 Å². The van der Waals surface area contributed by atoms with Crippen LogP contribution in [0.5, 0.6) is 0 Å². The maximum absolute atomic E-state index is 14.6. The van der Waals surface area contributed by atoms with Crippen LogP contribution in [0, 0.1) is 11.6 Å². The van der Waals surface area contributed by atoms with Gasteiger partial charge in [0.2, 0.25) is 0 Å². The highest BCUT2D eigenvalue weighted by Gasteiger charge is 2.25. The van der Waals surface area contributed by atoms with E-state index in [-0.39, 0.29) is 11.3 Å². The van der Waals surface area contributed by atoms with Crippen LogP contribution in [0.2, 0.25) is 0 Å². The van der Waals surface area contributed by atoms with E-state index in [0.29, 0.717) is 15.5 Å². The summed E-state index contributed by atoms with van der Waals surface area (Å²) < 4.78 is 33.9. The molecule has 3 aromatic rings. The fourth-order valence-corrected chi connectivity index (χ4v) is 2.79. The number of rotatable bonds is 3. The van der Waals surface area contributed by atoms with Crippen LogP contribution in [-0.4, -0.2) is 28.3 Å². The first-order valence-electron chi connectivity index (χ1n) is 7.05. The molecule has 1 amide bonds. The Balaban J connectivity index is 2.09. The van der Waals surface area contributed by atoms with Crippen molar-refractivity contribution in [3.05, 3.63) is 57.8 Å². The van der Waals surface area contributed by atoms with Crippen LogP contribution in [0.15, 0.2) is 35.1 Å². The van der Waals surface area contributed by atoms with Gasteiger partial charge in [-0.1, -0.05) is 0 Å². The van der Waals surface area contributed by atoms with Crippen LogP contribution in [0.4, 0.5) is 19.3 Å². The van der Waals surface area contributed by atoms with Gasteiger partial charge in [-0.3, -0.25) is 5.32 Å². The maximum atomic E-state index is 14.6. The molecular weight excluding hydrogens is 400 g/mol. The third-order valence-electron chi connectivity index (χ3n) is 3.65. The van der Waals surface area contributed by atoms with E-state index in [2.05, 4.69) is 36.0 Å². The molecule has 0 aliphatic heterocycles. The monoisotopic (exact) mass is 411 g/mol. The molecule has 9 heteroatoms. The average molecular weight is 412 g/mol. The van der Waals surface area contributed by atoms with Crippen molar-refractivity contribution >= 4 is 38.7 Å². The zero-order valence-corrected chi connectivity index (χ0v) is 14.4. The van der Waals surface area contributed by atoms with E-state index in [1.54, 1.807) is 12.3 Å². The number of carbonyl (C=O) groups excluding carboxylic acids is 1. The molecule has 0 bridgehead atoms. The second-order valence-corrected chi connectivity index (χ2v) is 6.05. The van der Waals surface area contributed by atoms with Crippen molar-refractivity contribution < 1.29 is 23.4 Å². The molecule has 0 aliphatic carbocycles. The summed E-state index contributed by atoms with van der Waals surface area (Å²) in [6.07, 6.45) is 0.459. The molecule has 2 aromatic heterocycles. The lowest BCUT2D eigenvalue weighted by Gasteiger charge is -2.15. The number of nitrogens with one attached hydrogen (secondary N) is 2. The fraction of sp³-hybridized carbons (Fsp3) is 0.125. The predicted octanol–water partition coefficient (Wildman–Crippen LogP) is 3.86. The van der Waals surface area contributed by atoms with E-state index < -0.39 is 29.4 Å². The first-order chi connectivity index (χ1) is 11.9. The largest absolute Gasteiger partial charge is 0.453 e. The highest BCUT2D eigenvalue weighted by Crippen LogP contribution is 2.34. The van der Waals surface area contributed by atoms with E-state index in [1.165, 1.54) is 6.20 Å². The standard InChI is InChI=1S/C16H12BrF2N3O3/c1-25-16(24)22-11-3-2-10(18)12(13(11)19)14(23)9-6-21-15-8(9)4-7(17)5-20-15/h2-6,14,23H,1H3,(H,20,21)(H,22,24). The highest BCUT2D eigenvalue weighted by molar-refractivity contribution is 9.10. The van der Waals surface area contributed by atoms with Crippen molar-refractivity contribution in [1.29, 1.82) is 0 Å². The summed E-state index contributed by atoms with van der Waals surface area (Å²) >= 11 is 3.26. The molecule has 1 aromatic carbocycles. The number of carbonyl (C=O) groups is 1. The van der Waals surface area contributed by atoms with Crippen molar-refractivity contribution in [2.24, 2.45) is 0 Å². The minimum absolute atomic E-state index is 0.247. The molecule has 3 N–H and O–H groups in total. The lowest BCUT2D eigenvalue weighted by atomic mass is 10.00. The van der Waals surface area contributed by atoms with Crippen LogP contribution in [0.3, 0.4) is 0 Å². The number of anilines is 1. The lowest BCUT2D eigenvalue weighted by Crippen LogP contribution is -2.14. The molecule has 0 radical (unpaired) electrons. The third kappa shape index (κ3) is 3.20. The summed E-state index contributed by atoms with van der Waals surface area (Å²) in [4.78, 5) is 18.2. The molecule has 6 nitrogen and oxygen atoms in total. The van der Waals surface area contributed by atoms with Gasteiger partial charge < -0.3 is 14.8 Å². The Morgan fingerprint density at radius 1 is 1.44 bits per heavy atom. The minimum Gasteiger partial charge on any atom is -0.453 e. The molecule has 25 heavy (non-hydrogen) atoms. The van der Waals surface area contributed by atoms with Gasteiger partial charge in [-0.15, -0.1) is 0 Å². The summed E-state index contributed by atoms with van der Waals surface area (Å²) in [5.74, 6) is -2.03. The second-order valence-electron chi connectivity index (χ2n) is 5.14. The first kappa shape index (κ1) is 17.3. The number of aliphatic hydroxyl groups excluding tert-OH is 1. The van der Waals surface area contributed by atoms with E-state index >= 15 is 0 Å². The molecule has 0 spiro atoms. The number of hydrogen-bond acceptors (Lipinski definition) is 4. The first-order valence-corrected chi connectivity index (χ1v) is 7.85. The Morgan fingerprint density at radius 2 is 2.20 bits per heavy atom. The van der Waals surface area contributed by atoms with Crippen molar-refractivity contribution in [2.45, 2.75) is 6.10 Å². The van der Waals surface area contributed by atoms with Gasteiger partial charge in [-0.2, -0.15) is 0 Å². The number of fused-ring (bicyclic) bond motifs is 1. The molecule has 1 atom stereocenters. The number of hydrogen-bond donors (Lipinski definition) is 3.